The van der Waals surface area contributed by atoms with Crippen LogP contribution < -0.4 is 10.2 Å². The van der Waals surface area contributed by atoms with Gasteiger partial charge >= 0.3 is 0 Å². The molecule has 0 aliphatic carbocycles. The summed E-state index contributed by atoms with van der Waals surface area (Å²) in [4.78, 5) is 5.06. The predicted octanol–water partition coefficient (Wildman–Crippen LogP) is 4.55. The normalized spacial score (nSPS) is 11.8. The summed E-state index contributed by atoms with van der Waals surface area (Å²) < 4.78 is 5.90. The van der Waals surface area contributed by atoms with E-state index in [1.54, 1.807) is 43.4 Å². The van der Waals surface area contributed by atoms with Crippen LogP contribution in [-0.2, 0) is 4.84 Å². The highest BCUT2D eigenvalue weighted by Crippen LogP contribution is 2.27. The van der Waals surface area contributed by atoms with E-state index < -0.39 is 6.10 Å². The third-order valence-corrected chi connectivity index (χ3v) is 3.68. The van der Waals surface area contributed by atoms with Gasteiger partial charge < -0.3 is 9.57 Å². The molecule has 0 spiro atoms. The van der Waals surface area contributed by atoms with Crippen molar-refractivity contribution in [1.29, 1.82) is 5.41 Å². The number of hydroxylamine groups is 1. The molecule has 0 aromatic heterocycles. The summed E-state index contributed by atoms with van der Waals surface area (Å²) >= 11 is 11.9. The smallest absolute Gasteiger partial charge is 0.252 e. The monoisotopic (exact) mass is 338 g/mol. The molecule has 6 heteroatoms. The second-order valence-corrected chi connectivity index (χ2v) is 5.47. The maximum absolute atomic E-state index is 8.01. The molecule has 0 radical (unpaired) electrons. The lowest BCUT2D eigenvalue weighted by Gasteiger charge is -2.20. The van der Waals surface area contributed by atoms with E-state index in [1.165, 1.54) is 0 Å². The Labute approximate surface area is 139 Å². The Bertz CT molecular complexity index is 660. The van der Waals surface area contributed by atoms with Crippen LogP contribution >= 0.6 is 23.2 Å². The molecular formula is C16H16Cl2N2O2. The van der Waals surface area contributed by atoms with Gasteiger partial charge in [0.25, 0.3) is 5.90 Å². The van der Waals surface area contributed by atoms with Gasteiger partial charge in [-0.1, -0.05) is 35.3 Å². The Balaban J connectivity index is 2.29. The van der Waals surface area contributed by atoms with Crippen molar-refractivity contribution in [3.63, 3.8) is 0 Å². The van der Waals surface area contributed by atoms with Crippen molar-refractivity contribution < 1.29 is 9.57 Å². The molecule has 0 amide bonds. The van der Waals surface area contributed by atoms with E-state index in [4.69, 9.17) is 38.2 Å². The van der Waals surface area contributed by atoms with Crippen LogP contribution in [0.3, 0.4) is 0 Å². The molecule has 0 fully saturated rings. The van der Waals surface area contributed by atoms with E-state index in [0.29, 0.717) is 15.8 Å². The van der Waals surface area contributed by atoms with Gasteiger partial charge in [-0.3, -0.25) is 5.41 Å². The lowest BCUT2D eigenvalue weighted by atomic mass is 10.1. The molecule has 0 aliphatic rings. The maximum atomic E-state index is 8.01. The number of aryl methyl sites for hydroxylation is 1. The summed E-state index contributed by atoms with van der Waals surface area (Å²) in [5.74, 6) is 0.545. The molecule has 22 heavy (non-hydrogen) atoms. The number of halogens is 2. The molecule has 0 heterocycles. The van der Waals surface area contributed by atoms with E-state index in [2.05, 4.69) is 5.48 Å². The van der Waals surface area contributed by atoms with Crippen LogP contribution in [-0.4, -0.2) is 12.9 Å². The molecule has 2 aromatic carbocycles. The average Bonchev–Trinajstić information content (AvgIpc) is 2.49. The van der Waals surface area contributed by atoms with Crippen LogP contribution in [0.5, 0.6) is 5.75 Å². The van der Waals surface area contributed by atoms with Crippen LogP contribution in [0.2, 0.25) is 10.0 Å². The first kappa shape index (κ1) is 16.6. The predicted molar refractivity (Wildman–Crippen MR) is 88.9 cm³/mol. The second kappa shape index (κ2) is 7.49. The molecule has 2 N–H and O–H groups in total. The largest absolute Gasteiger partial charge is 0.476 e. The Hall–Kier alpha value is -1.75. The van der Waals surface area contributed by atoms with Gasteiger partial charge in [0.1, 0.15) is 5.75 Å². The minimum atomic E-state index is -0.690. The number of hydrogen-bond acceptors (Lipinski definition) is 4. The molecule has 1 unspecified atom stereocenters. The molecule has 116 valence electrons. The van der Waals surface area contributed by atoms with Crippen molar-refractivity contribution in [2.75, 3.05) is 7.05 Å². The van der Waals surface area contributed by atoms with Gasteiger partial charge in [-0.05, 0) is 42.8 Å². The molecular weight excluding hydrogens is 323 g/mol. The average molecular weight is 339 g/mol. The first-order valence-corrected chi connectivity index (χ1v) is 7.37. The third-order valence-electron chi connectivity index (χ3n) is 3.01. The molecule has 2 aromatic rings. The topological polar surface area (TPSA) is 54.3 Å². The SMILES string of the molecule is CNOC(=N)C(Oc1ccc(Cl)c(C)c1)c1ccc(Cl)cc1. The lowest BCUT2D eigenvalue weighted by Crippen LogP contribution is -2.25. The van der Waals surface area contributed by atoms with E-state index in [1.807, 2.05) is 13.0 Å². The van der Waals surface area contributed by atoms with Gasteiger partial charge in [-0.15, -0.1) is 0 Å². The first-order chi connectivity index (χ1) is 10.5. The zero-order chi connectivity index (χ0) is 16.1. The second-order valence-electron chi connectivity index (χ2n) is 4.63. The molecule has 2 rings (SSSR count). The van der Waals surface area contributed by atoms with Crippen molar-refractivity contribution >= 4 is 29.1 Å². The molecule has 0 saturated carbocycles. The van der Waals surface area contributed by atoms with Crippen molar-refractivity contribution in [1.82, 2.24) is 5.48 Å². The number of rotatable bonds is 5. The fourth-order valence-electron chi connectivity index (χ4n) is 1.90. The summed E-state index contributed by atoms with van der Waals surface area (Å²) in [6, 6.07) is 12.4. The quantitative estimate of drug-likeness (QED) is 0.477. The Kier molecular flexibility index (Phi) is 5.66. The molecule has 0 bridgehead atoms. The Morgan fingerprint density at radius 2 is 1.82 bits per heavy atom. The summed E-state index contributed by atoms with van der Waals surface area (Å²) in [6.45, 7) is 1.89. The van der Waals surface area contributed by atoms with E-state index in [9.17, 15) is 0 Å². The minimum absolute atomic E-state index is 0.0579. The molecule has 0 saturated heterocycles. The van der Waals surface area contributed by atoms with Crippen molar-refractivity contribution in [3.05, 3.63) is 63.6 Å². The molecule has 0 aliphatic heterocycles. The number of hydrogen-bond donors (Lipinski definition) is 2. The number of ether oxygens (including phenoxy) is 1. The van der Waals surface area contributed by atoms with Crippen LogP contribution in [0.25, 0.3) is 0 Å². The van der Waals surface area contributed by atoms with Gasteiger partial charge in [0.2, 0.25) is 6.10 Å². The van der Waals surface area contributed by atoms with E-state index >= 15 is 0 Å². The highest BCUT2D eigenvalue weighted by molar-refractivity contribution is 6.31. The number of benzene rings is 2. The maximum Gasteiger partial charge on any atom is 0.252 e. The van der Waals surface area contributed by atoms with Crippen molar-refractivity contribution in [2.45, 2.75) is 13.0 Å². The Morgan fingerprint density at radius 3 is 2.41 bits per heavy atom. The van der Waals surface area contributed by atoms with Crippen molar-refractivity contribution in [2.24, 2.45) is 0 Å². The highest BCUT2D eigenvalue weighted by atomic mass is 35.5. The summed E-state index contributed by atoms with van der Waals surface area (Å²) in [5, 5.41) is 9.29. The van der Waals surface area contributed by atoms with Crippen LogP contribution in [0.4, 0.5) is 0 Å². The zero-order valence-electron chi connectivity index (χ0n) is 12.2. The van der Waals surface area contributed by atoms with Crippen LogP contribution in [0, 0.1) is 12.3 Å². The zero-order valence-corrected chi connectivity index (χ0v) is 13.7. The number of nitrogens with one attached hydrogen (secondary N) is 2. The fraction of sp³-hybridized carbons (Fsp3) is 0.188. The van der Waals surface area contributed by atoms with Crippen LogP contribution in [0.15, 0.2) is 42.5 Å². The third kappa shape index (κ3) is 4.13. The standard InChI is InChI=1S/C16H16Cl2N2O2/c1-10-9-13(7-8-14(10)18)21-15(16(19)22-20-2)11-3-5-12(17)6-4-11/h3-9,15,19-20H,1-2H3. The molecule has 1 atom stereocenters. The van der Waals surface area contributed by atoms with Crippen LogP contribution in [0.1, 0.15) is 17.2 Å². The highest BCUT2D eigenvalue weighted by Gasteiger charge is 2.21. The summed E-state index contributed by atoms with van der Waals surface area (Å²) in [5.41, 5.74) is 4.14. The van der Waals surface area contributed by atoms with Gasteiger partial charge in [-0.2, -0.15) is 5.48 Å². The molecule has 4 nitrogen and oxygen atoms in total. The van der Waals surface area contributed by atoms with Gasteiger partial charge in [0.15, 0.2) is 0 Å². The Morgan fingerprint density at radius 1 is 1.14 bits per heavy atom. The first-order valence-electron chi connectivity index (χ1n) is 6.61. The van der Waals surface area contributed by atoms with Crippen molar-refractivity contribution in [3.8, 4) is 5.75 Å². The van der Waals surface area contributed by atoms with Gasteiger partial charge in [0, 0.05) is 22.7 Å². The summed E-state index contributed by atoms with van der Waals surface area (Å²) in [7, 11) is 1.58. The van der Waals surface area contributed by atoms with Gasteiger partial charge in [-0.25, -0.2) is 0 Å². The van der Waals surface area contributed by atoms with E-state index in [0.717, 1.165) is 11.1 Å². The fourth-order valence-corrected chi connectivity index (χ4v) is 2.14. The van der Waals surface area contributed by atoms with Gasteiger partial charge in [0.05, 0.1) is 0 Å². The van der Waals surface area contributed by atoms with E-state index in [-0.39, 0.29) is 5.90 Å². The summed E-state index contributed by atoms with van der Waals surface area (Å²) in [6.07, 6.45) is -0.690. The lowest BCUT2D eigenvalue weighted by molar-refractivity contribution is 0.153. The minimum Gasteiger partial charge on any atom is -0.476 e.